The van der Waals surface area contributed by atoms with Crippen molar-refractivity contribution in [1.29, 1.82) is 0 Å². The van der Waals surface area contributed by atoms with Crippen LogP contribution >= 0.6 is 0 Å². The minimum absolute atomic E-state index is 0.434. The summed E-state index contributed by atoms with van der Waals surface area (Å²) in [6, 6.07) is 13.5. The summed E-state index contributed by atoms with van der Waals surface area (Å²) in [6.07, 6.45) is 26.2. The molecule has 6 aromatic rings. The Morgan fingerprint density at radius 2 is 1.43 bits per heavy atom. The fraction of sp³-hybridized carbons (Fsp3) is 0.395. The Labute approximate surface area is 289 Å². The van der Waals surface area contributed by atoms with Crippen molar-refractivity contribution in [1.82, 2.24) is 39.1 Å². The lowest BCUT2D eigenvalue weighted by Gasteiger charge is -2.26. The molecule has 11 nitrogen and oxygen atoms in total. The molecule has 3 atom stereocenters. The molecule has 0 amide bonds. The van der Waals surface area contributed by atoms with E-state index in [0.717, 1.165) is 69.2 Å². The largest absolute Gasteiger partial charge is 0.331 e. The van der Waals surface area contributed by atoms with Gasteiger partial charge in [-0.15, -0.1) is 5.10 Å². The predicted octanol–water partition coefficient (Wildman–Crippen LogP) is 4.61. The Morgan fingerprint density at radius 1 is 0.755 bits per heavy atom. The van der Waals surface area contributed by atoms with E-state index in [-0.39, 0.29) is 0 Å². The summed E-state index contributed by atoms with van der Waals surface area (Å²) in [5, 5.41) is 8.83. The van der Waals surface area contributed by atoms with Crippen LogP contribution in [-0.4, -0.2) is 45.6 Å². The number of nitrogens with zero attached hydrogens (tertiary/aromatic N) is 10. The van der Waals surface area contributed by atoms with E-state index in [1.54, 1.807) is 6.20 Å². The molecule has 0 saturated heterocycles. The molecular weight excluding hydrogens is 610 g/mol. The summed E-state index contributed by atoms with van der Waals surface area (Å²) in [5.74, 6) is 3.05. The first-order chi connectivity index (χ1) is 24.0. The van der Waals surface area contributed by atoms with Crippen LogP contribution in [0.4, 0.5) is 0 Å². The highest BCUT2D eigenvalue weighted by Crippen LogP contribution is 2.38. The first-order valence-corrected chi connectivity index (χ1v) is 17.5. The smallest absolute Gasteiger partial charge is 0.176 e. The molecule has 0 aromatic carbocycles. The van der Waals surface area contributed by atoms with Crippen molar-refractivity contribution in [3.05, 3.63) is 127 Å². The first-order valence-electron chi connectivity index (χ1n) is 17.5. The summed E-state index contributed by atoms with van der Waals surface area (Å²) in [7, 11) is 1.98. The van der Waals surface area contributed by atoms with E-state index in [1.807, 2.05) is 53.5 Å². The van der Waals surface area contributed by atoms with Crippen LogP contribution in [0.1, 0.15) is 73.2 Å². The second-order valence-electron chi connectivity index (χ2n) is 13.0. The maximum atomic E-state index is 5.75. The Kier molecular flexibility index (Phi) is 11.3. The SMILES string of the molecule is CCC(CC(CC(C)c1cc[n+](CCN)cc1)c1ccncc1)c1cc[n+](CCn2cc(CCn3ccnc3-c3nccn3C)nn2)cc1. The Morgan fingerprint density at radius 3 is 2.12 bits per heavy atom. The van der Waals surface area contributed by atoms with Gasteiger partial charge < -0.3 is 14.9 Å². The van der Waals surface area contributed by atoms with E-state index in [4.69, 9.17) is 5.73 Å². The fourth-order valence-electron chi connectivity index (χ4n) is 6.73. The molecule has 6 aromatic heterocycles. The molecule has 0 aliphatic carbocycles. The van der Waals surface area contributed by atoms with E-state index >= 15 is 0 Å². The normalized spacial score (nSPS) is 13.4. The van der Waals surface area contributed by atoms with Crippen LogP contribution in [0.15, 0.2) is 105 Å². The van der Waals surface area contributed by atoms with Crippen molar-refractivity contribution in [3.8, 4) is 11.6 Å². The van der Waals surface area contributed by atoms with Crippen molar-refractivity contribution in [3.63, 3.8) is 0 Å². The van der Waals surface area contributed by atoms with Gasteiger partial charge in [-0.3, -0.25) is 4.98 Å². The highest BCUT2D eigenvalue weighted by Gasteiger charge is 2.23. The molecule has 49 heavy (non-hydrogen) atoms. The lowest BCUT2D eigenvalue weighted by Crippen LogP contribution is -2.36. The van der Waals surface area contributed by atoms with Gasteiger partial charge in [-0.2, -0.15) is 0 Å². The minimum Gasteiger partial charge on any atom is -0.331 e. The van der Waals surface area contributed by atoms with Gasteiger partial charge in [0.15, 0.2) is 49.5 Å². The molecule has 254 valence electrons. The second-order valence-corrected chi connectivity index (χ2v) is 13.0. The molecule has 11 heteroatoms. The number of hydrogen-bond acceptors (Lipinski definition) is 6. The molecule has 0 spiro atoms. The highest BCUT2D eigenvalue weighted by atomic mass is 15.4. The summed E-state index contributed by atoms with van der Waals surface area (Å²) in [4.78, 5) is 13.3. The average molecular weight is 660 g/mol. The number of hydrogen-bond donors (Lipinski definition) is 1. The minimum atomic E-state index is 0.434. The molecule has 0 radical (unpaired) electrons. The van der Waals surface area contributed by atoms with Crippen molar-refractivity contribution in [2.24, 2.45) is 12.8 Å². The first kappa shape index (κ1) is 33.9. The molecule has 0 aliphatic heterocycles. The van der Waals surface area contributed by atoms with E-state index < -0.39 is 0 Å². The predicted molar refractivity (Wildman–Crippen MR) is 188 cm³/mol. The number of pyridine rings is 3. The van der Waals surface area contributed by atoms with Gasteiger partial charge in [-0.1, -0.05) is 19.1 Å². The number of rotatable bonds is 17. The summed E-state index contributed by atoms with van der Waals surface area (Å²) in [6.45, 7) is 8.48. The van der Waals surface area contributed by atoms with Gasteiger partial charge in [0.1, 0.15) is 6.54 Å². The summed E-state index contributed by atoms with van der Waals surface area (Å²) < 4.78 is 10.4. The van der Waals surface area contributed by atoms with E-state index in [1.165, 1.54) is 16.7 Å². The van der Waals surface area contributed by atoms with Gasteiger partial charge in [0.25, 0.3) is 0 Å². The Bertz CT molecular complexity index is 1860. The average Bonchev–Trinajstić information content (AvgIpc) is 3.90. The quantitative estimate of drug-likeness (QED) is 0.143. The molecule has 2 N–H and O–H groups in total. The van der Waals surface area contributed by atoms with Crippen LogP contribution in [0.2, 0.25) is 0 Å². The van der Waals surface area contributed by atoms with Crippen molar-refractivity contribution in [2.45, 2.75) is 83.5 Å². The second kappa shape index (κ2) is 16.4. The van der Waals surface area contributed by atoms with Crippen molar-refractivity contribution >= 4 is 0 Å². The van der Waals surface area contributed by atoms with Crippen LogP contribution < -0.4 is 14.9 Å². The zero-order valence-corrected chi connectivity index (χ0v) is 29.0. The Hall–Kier alpha value is -5.03. The topological polar surface area (TPSA) is 113 Å². The maximum Gasteiger partial charge on any atom is 0.176 e. The van der Waals surface area contributed by atoms with Gasteiger partial charge in [0, 0.05) is 87.7 Å². The van der Waals surface area contributed by atoms with Crippen LogP contribution in [0.3, 0.4) is 0 Å². The van der Waals surface area contributed by atoms with E-state index in [2.05, 4.69) is 114 Å². The van der Waals surface area contributed by atoms with Crippen LogP contribution in [-0.2, 0) is 39.6 Å². The number of nitrogens with two attached hydrogens (primary N) is 1. The van der Waals surface area contributed by atoms with Gasteiger partial charge in [0.2, 0.25) is 0 Å². The maximum absolute atomic E-state index is 5.75. The zero-order valence-electron chi connectivity index (χ0n) is 29.0. The molecule has 0 aliphatic rings. The lowest BCUT2D eigenvalue weighted by atomic mass is 9.79. The van der Waals surface area contributed by atoms with Crippen LogP contribution in [0.25, 0.3) is 11.6 Å². The molecule has 0 saturated carbocycles. The van der Waals surface area contributed by atoms with E-state index in [0.29, 0.717) is 24.3 Å². The molecule has 0 fully saturated rings. The zero-order chi connectivity index (χ0) is 34.0. The third kappa shape index (κ3) is 8.72. The standard InChI is InChI=1S/C38H49N11/c1-4-31(28-35(33-5-13-40-14-6-33)27-30(2)32-7-17-46(18-8-32)22-12-39)34-9-19-47(20-10-34)25-26-49-29-36(43-44-49)11-21-48-24-16-42-38(48)37-41-15-23-45(37)3/h5-10,13-20,23-24,29-31,35H,4,11-12,21-22,25-28,39H2,1-3H3/q+2. The third-order valence-corrected chi connectivity index (χ3v) is 9.66. The van der Waals surface area contributed by atoms with Crippen LogP contribution in [0.5, 0.6) is 0 Å². The number of aryl methyl sites for hydroxylation is 5. The van der Waals surface area contributed by atoms with Crippen LogP contribution in [0, 0.1) is 0 Å². The number of imidazole rings is 2. The van der Waals surface area contributed by atoms with Gasteiger partial charge in [0.05, 0.1) is 12.2 Å². The fourth-order valence-corrected chi connectivity index (χ4v) is 6.73. The van der Waals surface area contributed by atoms with Crippen molar-refractivity contribution in [2.75, 3.05) is 6.54 Å². The number of aromatic nitrogens is 10. The molecule has 0 bridgehead atoms. The van der Waals surface area contributed by atoms with Gasteiger partial charge in [-0.05, 0) is 65.8 Å². The molecular formula is C38H49N11+2. The highest BCUT2D eigenvalue weighted by molar-refractivity contribution is 5.44. The summed E-state index contributed by atoms with van der Waals surface area (Å²) >= 11 is 0. The monoisotopic (exact) mass is 659 g/mol. The third-order valence-electron chi connectivity index (χ3n) is 9.66. The van der Waals surface area contributed by atoms with E-state index in [9.17, 15) is 0 Å². The molecule has 6 heterocycles. The summed E-state index contributed by atoms with van der Waals surface area (Å²) in [5.41, 5.74) is 10.8. The Balaban J connectivity index is 1.04. The van der Waals surface area contributed by atoms with Gasteiger partial charge in [-0.25, -0.2) is 23.8 Å². The van der Waals surface area contributed by atoms with Gasteiger partial charge >= 0.3 is 0 Å². The molecule has 3 unspecified atom stereocenters. The van der Waals surface area contributed by atoms with Crippen molar-refractivity contribution < 1.29 is 9.13 Å². The molecule has 6 rings (SSSR count). The lowest BCUT2D eigenvalue weighted by molar-refractivity contribution is -0.698.